The number of ketones is 1. The van der Waals surface area contributed by atoms with Crippen molar-refractivity contribution in [3.05, 3.63) is 11.6 Å². The third-order valence-corrected chi connectivity index (χ3v) is 10.6. The van der Waals surface area contributed by atoms with Crippen LogP contribution in [0.4, 0.5) is 0 Å². The molecule has 34 heavy (non-hydrogen) atoms. The SMILES string of the molecule is COC(=O)[C@@H]1C=C2CC(=O)CC[C@]2(C)C2C1C1CCC3(CCC(=O)O3)[C@@]1(C)C[C@H]2OS(C)(=O)=O. The summed E-state index contributed by atoms with van der Waals surface area (Å²) in [5.74, 6) is -1.56. The van der Waals surface area contributed by atoms with Gasteiger partial charge in [0.2, 0.25) is 0 Å². The van der Waals surface area contributed by atoms with E-state index in [1.54, 1.807) is 0 Å². The van der Waals surface area contributed by atoms with Gasteiger partial charge in [-0.05, 0) is 55.3 Å². The van der Waals surface area contributed by atoms with Gasteiger partial charge in [-0.2, -0.15) is 8.42 Å². The molecule has 8 atom stereocenters. The van der Waals surface area contributed by atoms with Crippen molar-refractivity contribution in [3.63, 3.8) is 0 Å². The van der Waals surface area contributed by atoms with Crippen molar-refractivity contribution in [1.82, 2.24) is 0 Å². The monoisotopic (exact) mass is 494 g/mol. The van der Waals surface area contributed by atoms with E-state index in [0.29, 0.717) is 38.5 Å². The zero-order valence-electron chi connectivity index (χ0n) is 20.3. The summed E-state index contributed by atoms with van der Waals surface area (Å²) in [6.45, 7) is 4.18. The van der Waals surface area contributed by atoms with E-state index >= 15 is 0 Å². The van der Waals surface area contributed by atoms with Gasteiger partial charge in [0.05, 0.1) is 25.4 Å². The van der Waals surface area contributed by atoms with E-state index < -0.39 is 38.6 Å². The molecule has 5 aliphatic rings. The standard InChI is InChI=1S/C25H34O8S/c1-23-8-5-15(26)11-14(23)12-16(22(28)31-3)20-17-6-9-25(10-7-19(27)32-25)24(17,2)13-18(21(20)23)33-34(4,29)30/h12,16-18,20-21H,5-11,13H2,1-4H3/t16-,17?,18-,20?,21?,23+,24+,25?/m1/s1. The van der Waals surface area contributed by atoms with Gasteiger partial charge in [0.25, 0.3) is 10.1 Å². The van der Waals surface area contributed by atoms with Gasteiger partial charge in [-0.15, -0.1) is 0 Å². The van der Waals surface area contributed by atoms with Crippen LogP contribution in [0.1, 0.15) is 65.2 Å². The third kappa shape index (κ3) is 3.33. The van der Waals surface area contributed by atoms with E-state index in [1.165, 1.54) is 7.11 Å². The van der Waals surface area contributed by atoms with E-state index in [1.807, 2.05) is 6.08 Å². The molecule has 4 unspecified atom stereocenters. The number of esters is 2. The molecule has 1 spiro atoms. The molecule has 9 heteroatoms. The Morgan fingerprint density at radius 3 is 2.50 bits per heavy atom. The number of methoxy groups -OCH3 is 1. The highest BCUT2D eigenvalue weighted by atomic mass is 32.2. The zero-order valence-corrected chi connectivity index (χ0v) is 21.1. The molecule has 4 aliphatic carbocycles. The predicted octanol–water partition coefficient (Wildman–Crippen LogP) is 2.95. The number of carbonyl (C=O) groups excluding carboxylic acids is 3. The molecule has 1 heterocycles. The van der Waals surface area contributed by atoms with Gasteiger partial charge in [0.1, 0.15) is 11.4 Å². The number of hydrogen-bond donors (Lipinski definition) is 0. The summed E-state index contributed by atoms with van der Waals surface area (Å²) >= 11 is 0. The molecule has 8 nitrogen and oxygen atoms in total. The fourth-order valence-electron chi connectivity index (χ4n) is 8.54. The normalized spacial score (nSPS) is 45.8. The smallest absolute Gasteiger partial charge is 0.312 e. The fraction of sp³-hybridized carbons (Fsp3) is 0.800. The van der Waals surface area contributed by atoms with Crippen LogP contribution < -0.4 is 0 Å². The molecule has 5 rings (SSSR count). The van der Waals surface area contributed by atoms with Crippen LogP contribution in [0, 0.1) is 34.5 Å². The van der Waals surface area contributed by atoms with Crippen molar-refractivity contribution < 1.29 is 36.5 Å². The quantitative estimate of drug-likeness (QED) is 0.334. The first-order valence-electron chi connectivity index (χ1n) is 12.2. The lowest BCUT2D eigenvalue weighted by atomic mass is 9.44. The van der Waals surface area contributed by atoms with Crippen molar-refractivity contribution >= 4 is 27.8 Å². The number of ether oxygens (including phenoxy) is 2. The molecule has 4 fully saturated rings. The first-order chi connectivity index (χ1) is 15.8. The molecule has 0 radical (unpaired) electrons. The lowest BCUT2D eigenvalue weighted by Gasteiger charge is -2.61. The highest BCUT2D eigenvalue weighted by Gasteiger charge is 2.71. The Labute approximate surface area is 200 Å². The van der Waals surface area contributed by atoms with Crippen LogP contribution in [-0.2, 0) is 38.2 Å². The maximum absolute atomic E-state index is 13.1. The Hall–Kier alpha value is -1.74. The van der Waals surface area contributed by atoms with Crippen LogP contribution in [0.15, 0.2) is 11.6 Å². The van der Waals surface area contributed by atoms with Gasteiger partial charge in [-0.25, -0.2) is 0 Å². The van der Waals surface area contributed by atoms with Crippen molar-refractivity contribution in [2.24, 2.45) is 34.5 Å². The second-order valence-corrected chi connectivity index (χ2v) is 13.2. The summed E-state index contributed by atoms with van der Waals surface area (Å²) in [5, 5.41) is 0. The summed E-state index contributed by atoms with van der Waals surface area (Å²) in [6, 6.07) is 0. The molecule has 0 N–H and O–H groups in total. The molecule has 1 saturated heterocycles. The molecule has 3 saturated carbocycles. The summed E-state index contributed by atoms with van der Waals surface area (Å²) < 4.78 is 41.9. The lowest BCUT2D eigenvalue weighted by Crippen LogP contribution is -2.62. The molecule has 188 valence electrons. The summed E-state index contributed by atoms with van der Waals surface area (Å²) in [4.78, 5) is 37.8. The van der Waals surface area contributed by atoms with Crippen molar-refractivity contribution in [1.29, 1.82) is 0 Å². The first kappa shape index (κ1) is 24.0. The predicted molar refractivity (Wildman–Crippen MR) is 121 cm³/mol. The molecule has 0 aromatic carbocycles. The van der Waals surface area contributed by atoms with Gasteiger partial charge in [0.15, 0.2) is 0 Å². The Kier molecular flexibility index (Phi) is 5.38. The van der Waals surface area contributed by atoms with Gasteiger partial charge in [0, 0.05) is 24.7 Å². The van der Waals surface area contributed by atoms with E-state index in [2.05, 4.69) is 13.8 Å². The maximum Gasteiger partial charge on any atom is 0.312 e. The first-order valence-corrected chi connectivity index (χ1v) is 14.1. The number of fused-ring (bicyclic) bond motifs is 6. The Morgan fingerprint density at radius 1 is 1.15 bits per heavy atom. The van der Waals surface area contributed by atoms with Crippen LogP contribution in [0.25, 0.3) is 0 Å². The minimum Gasteiger partial charge on any atom is -0.469 e. The second kappa shape index (κ2) is 7.63. The van der Waals surface area contributed by atoms with Crippen LogP contribution in [0.2, 0.25) is 0 Å². The van der Waals surface area contributed by atoms with Crippen LogP contribution >= 0.6 is 0 Å². The summed E-state index contributed by atoms with van der Waals surface area (Å²) in [6.07, 6.45) is 6.41. The summed E-state index contributed by atoms with van der Waals surface area (Å²) in [5.41, 5.74) is -0.769. The third-order valence-electron chi connectivity index (χ3n) is 10.0. The molecule has 0 aromatic heterocycles. The zero-order chi connectivity index (χ0) is 24.7. The highest BCUT2D eigenvalue weighted by molar-refractivity contribution is 7.86. The molecule has 0 bridgehead atoms. The number of rotatable bonds is 3. The Balaban J connectivity index is 1.69. The topological polar surface area (TPSA) is 113 Å². The largest absolute Gasteiger partial charge is 0.469 e. The maximum atomic E-state index is 13.1. The summed E-state index contributed by atoms with van der Waals surface area (Å²) in [7, 11) is -2.45. The highest BCUT2D eigenvalue weighted by Crippen LogP contribution is 2.70. The molecule has 0 amide bonds. The molecule has 0 aromatic rings. The van der Waals surface area contributed by atoms with E-state index in [4.69, 9.17) is 13.7 Å². The number of allylic oxidation sites excluding steroid dienone is 1. The number of Topliss-reactive ketones (excluding diaryl/α,β-unsaturated/α-hetero) is 1. The molecule has 1 aliphatic heterocycles. The van der Waals surface area contributed by atoms with Crippen molar-refractivity contribution in [2.45, 2.75) is 76.9 Å². The number of hydrogen-bond acceptors (Lipinski definition) is 8. The van der Waals surface area contributed by atoms with E-state index in [9.17, 15) is 22.8 Å². The van der Waals surface area contributed by atoms with Crippen molar-refractivity contribution in [2.75, 3.05) is 13.4 Å². The van der Waals surface area contributed by atoms with Crippen LogP contribution in [-0.4, -0.2) is 51.2 Å². The average molecular weight is 495 g/mol. The number of carbonyl (C=O) groups is 3. The minimum absolute atomic E-state index is 0.0270. The lowest BCUT2D eigenvalue weighted by molar-refractivity contribution is -0.188. The van der Waals surface area contributed by atoms with Crippen LogP contribution in [0.5, 0.6) is 0 Å². The Bertz CT molecular complexity index is 1080. The van der Waals surface area contributed by atoms with Gasteiger partial charge < -0.3 is 9.47 Å². The average Bonchev–Trinajstić information content (AvgIpc) is 3.26. The fourth-order valence-corrected chi connectivity index (χ4v) is 9.18. The van der Waals surface area contributed by atoms with Crippen molar-refractivity contribution in [3.8, 4) is 0 Å². The Morgan fingerprint density at radius 2 is 1.88 bits per heavy atom. The van der Waals surface area contributed by atoms with Gasteiger partial charge >= 0.3 is 11.9 Å². The molecular formula is C25H34O8S. The second-order valence-electron chi connectivity index (χ2n) is 11.6. The van der Waals surface area contributed by atoms with Gasteiger partial charge in [-0.3, -0.25) is 18.6 Å². The van der Waals surface area contributed by atoms with Crippen LogP contribution in [0.3, 0.4) is 0 Å². The molecular weight excluding hydrogens is 460 g/mol. The van der Waals surface area contributed by atoms with E-state index in [0.717, 1.165) is 18.2 Å². The van der Waals surface area contributed by atoms with Gasteiger partial charge in [-0.1, -0.05) is 25.5 Å². The van der Waals surface area contributed by atoms with E-state index in [-0.39, 0.29) is 41.9 Å². The minimum atomic E-state index is -3.80.